The van der Waals surface area contributed by atoms with Gasteiger partial charge in [0.25, 0.3) is 5.91 Å². The van der Waals surface area contributed by atoms with Crippen molar-refractivity contribution in [2.75, 3.05) is 26.2 Å². The Labute approximate surface area is 173 Å². The maximum atomic E-state index is 12.9. The number of amides is 1. The van der Waals surface area contributed by atoms with E-state index in [1.165, 1.54) is 5.56 Å². The van der Waals surface area contributed by atoms with Gasteiger partial charge in [-0.2, -0.15) is 10.1 Å². The van der Waals surface area contributed by atoms with Crippen LogP contribution in [0.5, 0.6) is 0 Å². The van der Waals surface area contributed by atoms with Gasteiger partial charge in [-0.25, -0.2) is 0 Å². The van der Waals surface area contributed by atoms with E-state index >= 15 is 0 Å². The molecule has 1 aliphatic heterocycles. The van der Waals surface area contributed by atoms with Crippen LogP contribution in [-0.2, 0) is 6.54 Å². The molecule has 8 heteroatoms. The first kappa shape index (κ1) is 18.5. The Kier molecular flexibility index (Phi) is 4.76. The number of carbonyl (C=O) groups is 1. The molecule has 1 fully saturated rings. The zero-order valence-electron chi connectivity index (χ0n) is 16.7. The molecule has 0 spiro atoms. The standard InChI is InChI=1S/C22H22N6O2/c1-15-6-8-16(9-7-15)21-23-19(30-26-21)14-27-10-12-28(13-11-27)22(29)20-17-4-2-3-5-18(17)24-25-20/h2-9H,10-14H2,1H3,(H,24,25). The van der Waals surface area contributed by atoms with Crippen LogP contribution >= 0.6 is 0 Å². The Morgan fingerprint density at radius 1 is 1.07 bits per heavy atom. The predicted molar refractivity (Wildman–Crippen MR) is 112 cm³/mol. The first-order valence-corrected chi connectivity index (χ1v) is 10.0. The number of piperazine rings is 1. The number of nitrogens with one attached hydrogen (secondary N) is 1. The smallest absolute Gasteiger partial charge is 0.275 e. The zero-order chi connectivity index (χ0) is 20.5. The number of hydrogen-bond acceptors (Lipinski definition) is 6. The topological polar surface area (TPSA) is 91.2 Å². The number of benzene rings is 2. The first-order chi connectivity index (χ1) is 14.7. The maximum absolute atomic E-state index is 12.9. The molecule has 8 nitrogen and oxygen atoms in total. The van der Waals surface area contributed by atoms with Gasteiger partial charge in [-0.15, -0.1) is 0 Å². The molecule has 0 atom stereocenters. The van der Waals surface area contributed by atoms with Crippen molar-refractivity contribution in [3.05, 3.63) is 65.7 Å². The number of nitrogens with zero attached hydrogens (tertiary/aromatic N) is 5. The number of hydrogen-bond donors (Lipinski definition) is 1. The number of H-pyrrole nitrogens is 1. The molecule has 1 N–H and O–H groups in total. The van der Waals surface area contributed by atoms with E-state index in [2.05, 4.69) is 25.2 Å². The van der Waals surface area contributed by atoms with Gasteiger partial charge in [0.1, 0.15) is 0 Å². The second kappa shape index (κ2) is 7.72. The van der Waals surface area contributed by atoms with Crippen LogP contribution in [0, 0.1) is 6.92 Å². The Balaban J connectivity index is 1.20. The number of fused-ring (bicyclic) bond motifs is 1. The van der Waals surface area contributed by atoms with Crippen molar-refractivity contribution in [1.82, 2.24) is 30.1 Å². The quantitative estimate of drug-likeness (QED) is 0.564. The van der Waals surface area contributed by atoms with E-state index in [4.69, 9.17) is 4.52 Å². The second-order valence-corrected chi connectivity index (χ2v) is 7.56. The highest BCUT2D eigenvalue weighted by Gasteiger charge is 2.26. The van der Waals surface area contributed by atoms with Crippen LogP contribution in [-0.4, -0.2) is 62.2 Å². The molecule has 2 aromatic heterocycles. The average Bonchev–Trinajstić information content (AvgIpc) is 3.42. The minimum Gasteiger partial charge on any atom is -0.338 e. The Bertz CT molecular complexity index is 1170. The van der Waals surface area contributed by atoms with E-state index in [-0.39, 0.29) is 5.91 Å². The van der Waals surface area contributed by atoms with Crippen molar-refractivity contribution in [3.8, 4) is 11.4 Å². The number of aryl methyl sites for hydroxylation is 1. The van der Waals surface area contributed by atoms with Gasteiger partial charge in [0.15, 0.2) is 5.69 Å². The van der Waals surface area contributed by atoms with Crippen molar-refractivity contribution in [2.45, 2.75) is 13.5 Å². The zero-order valence-corrected chi connectivity index (χ0v) is 16.7. The number of aromatic amines is 1. The van der Waals surface area contributed by atoms with Crippen LogP contribution in [0.15, 0.2) is 53.1 Å². The molecular formula is C22H22N6O2. The monoisotopic (exact) mass is 402 g/mol. The highest BCUT2D eigenvalue weighted by Crippen LogP contribution is 2.19. The summed E-state index contributed by atoms with van der Waals surface area (Å²) in [7, 11) is 0. The molecule has 0 saturated carbocycles. The van der Waals surface area contributed by atoms with Crippen LogP contribution in [0.2, 0.25) is 0 Å². The fraction of sp³-hybridized carbons (Fsp3) is 0.273. The van der Waals surface area contributed by atoms with Crippen molar-refractivity contribution in [3.63, 3.8) is 0 Å². The van der Waals surface area contributed by atoms with Crippen LogP contribution in [0.3, 0.4) is 0 Å². The number of para-hydroxylation sites is 1. The van der Waals surface area contributed by atoms with Gasteiger partial charge >= 0.3 is 0 Å². The normalized spacial score (nSPS) is 15.0. The fourth-order valence-electron chi connectivity index (χ4n) is 3.72. The summed E-state index contributed by atoms with van der Waals surface area (Å²) in [6.45, 7) is 5.39. The molecule has 152 valence electrons. The third-order valence-corrected chi connectivity index (χ3v) is 5.47. The molecular weight excluding hydrogens is 380 g/mol. The minimum absolute atomic E-state index is 0.0356. The second-order valence-electron chi connectivity index (χ2n) is 7.56. The van der Waals surface area contributed by atoms with Gasteiger partial charge in [-0.1, -0.05) is 53.2 Å². The summed E-state index contributed by atoms with van der Waals surface area (Å²) in [5.74, 6) is 1.15. The van der Waals surface area contributed by atoms with E-state index in [9.17, 15) is 4.79 Å². The Morgan fingerprint density at radius 3 is 2.63 bits per heavy atom. The van der Waals surface area contributed by atoms with Gasteiger partial charge in [-0.3, -0.25) is 14.8 Å². The summed E-state index contributed by atoms with van der Waals surface area (Å²) in [5, 5.41) is 12.1. The average molecular weight is 402 g/mol. The number of carbonyl (C=O) groups excluding carboxylic acids is 1. The summed E-state index contributed by atoms with van der Waals surface area (Å²) < 4.78 is 5.44. The molecule has 1 saturated heterocycles. The number of rotatable bonds is 4. The predicted octanol–water partition coefficient (Wildman–Crippen LogP) is 2.88. The largest absolute Gasteiger partial charge is 0.338 e. The van der Waals surface area contributed by atoms with Crippen molar-refractivity contribution >= 4 is 16.8 Å². The maximum Gasteiger partial charge on any atom is 0.275 e. The van der Waals surface area contributed by atoms with E-state index in [0.29, 0.717) is 37.0 Å². The summed E-state index contributed by atoms with van der Waals surface area (Å²) in [6, 6.07) is 15.7. The van der Waals surface area contributed by atoms with Gasteiger partial charge in [0.2, 0.25) is 11.7 Å². The lowest BCUT2D eigenvalue weighted by molar-refractivity contribution is 0.0611. The van der Waals surface area contributed by atoms with Crippen LogP contribution < -0.4 is 0 Å². The first-order valence-electron chi connectivity index (χ1n) is 10.0. The summed E-state index contributed by atoms with van der Waals surface area (Å²) >= 11 is 0. The van der Waals surface area contributed by atoms with Gasteiger partial charge in [-0.05, 0) is 13.0 Å². The van der Waals surface area contributed by atoms with E-state index in [0.717, 1.165) is 29.6 Å². The minimum atomic E-state index is -0.0356. The van der Waals surface area contributed by atoms with Crippen molar-refractivity contribution in [1.29, 1.82) is 0 Å². The third-order valence-electron chi connectivity index (χ3n) is 5.47. The highest BCUT2D eigenvalue weighted by molar-refractivity contribution is 6.04. The molecule has 3 heterocycles. The lowest BCUT2D eigenvalue weighted by atomic mass is 10.1. The molecule has 0 bridgehead atoms. The van der Waals surface area contributed by atoms with Crippen LogP contribution in [0.1, 0.15) is 21.9 Å². The molecule has 1 amide bonds. The molecule has 1 aliphatic rings. The van der Waals surface area contributed by atoms with Crippen LogP contribution in [0.4, 0.5) is 0 Å². The van der Waals surface area contributed by atoms with Crippen molar-refractivity contribution in [2.24, 2.45) is 0 Å². The molecule has 4 aromatic rings. The van der Waals surface area contributed by atoms with E-state index < -0.39 is 0 Å². The summed E-state index contributed by atoms with van der Waals surface area (Å²) in [4.78, 5) is 21.5. The van der Waals surface area contributed by atoms with Crippen LogP contribution in [0.25, 0.3) is 22.3 Å². The third kappa shape index (κ3) is 3.57. The summed E-state index contributed by atoms with van der Waals surface area (Å²) in [5.41, 5.74) is 3.49. The van der Waals surface area contributed by atoms with Gasteiger partial charge in [0, 0.05) is 37.1 Å². The SMILES string of the molecule is Cc1ccc(-c2noc(CN3CCN(C(=O)c4n[nH]c5ccccc45)CC3)n2)cc1. The molecule has 0 radical (unpaired) electrons. The summed E-state index contributed by atoms with van der Waals surface area (Å²) in [6.07, 6.45) is 0. The molecule has 2 aromatic carbocycles. The lowest BCUT2D eigenvalue weighted by Crippen LogP contribution is -2.48. The Morgan fingerprint density at radius 2 is 1.83 bits per heavy atom. The Hall–Kier alpha value is -3.52. The molecule has 0 unspecified atom stereocenters. The van der Waals surface area contributed by atoms with E-state index in [1.54, 1.807) is 0 Å². The van der Waals surface area contributed by atoms with Gasteiger partial charge < -0.3 is 9.42 Å². The fourth-order valence-corrected chi connectivity index (χ4v) is 3.72. The number of aromatic nitrogens is 4. The molecule has 0 aliphatic carbocycles. The van der Waals surface area contributed by atoms with E-state index in [1.807, 2.05) is 60.4 Å². The highest BCUT2D eigenvalue weighted by atomic mass is 16.5. The molecule has 5 rings (SSSR count). The molecule has 30 heavy (non-hydrogen) atoms. The van der Waals surface area contributed by atoms with Gasteiger partial charge in [0.05, 0.1) is 12.1 Å². The lowest BCUT2D eigenvalue weighted by Gasteiger charge is -2.33. The van der Waals surface area contributed by atoms with Crippen molar-refractivity contribution < 1.29 is 9.32 Å².